The summed E-state index contributed by atoms with van der Waals surface area (Å²) in [4.78, 5) is 24.9. The number of nitrogen functional groups attached to an aromatic ring is 1. The van der Waals surface area contributed by atoms with E-state index in [2.05, 4.69) is 5.32 Å². The highest BCUT2D eigenvalue weighted by Gasteiger charge is 2.41. The minimum absolute atomic E-state index is 0.0387. The monoisotopic (exact) mass is 377 g/mol. The molecule has 0 aliphatic carbocycles. The maximum absolute atomic E-state index is 13.7. The Bertz CT molecular complexity index is 574. The van der Waals surface area contributed by atoms with Crippen molar-refractivity contribution < 1.29 is 14.0 Å². The molecular weight excluding hydrogens is 364 g/mol. The number of piperazine rings is 1. The molecule has 19 heavy (non-hydrogen) atoms. The average Bonchev–Trinajstić information content (AvgIpc) is 2.29. The Balaban J connectivity index is 2.53. The summed E-state index contributed by atoms with van der Waals surface area (Å²) >= 11 is 1.83. The fraction of sp³-hybridized carbons (Fsp3) is 0.333. The molecule has 0 unspecified atom stereocenters. The van der Waals surface area contributed by atoms with Crippen molar-refractivity contribution in [2.75, 3.05) is 17.2 Å². The van der Waals surface area contributed by atoms with E-state index in [0.717, 1.165) is 0 Å². The molecule has 0 atom stereocenters. The van der Waals surface area contributed by atoms with Crippen LogP contribution in [0.15, 0.2) is 12.1 Å². The van der Waals surface area contributed by atoms with Crippen LogP contribution in [0, 0.1) is 9.39 Å². The number of nitrogens with two attached hydrogens (primary N) is 1. The zero-order chi connectivity index (χ0) is 14.4. The van der Waals surface area contributed by atoms with Crippen molar-refractivity contribution >= 4 is 45.8 Å². The van der Waals surface area contributed by atoms with E-state index >= 15 is 0 Å². The molecule has 7 heteroatoms. The maximum atomic E-state index is 13.7. The number of halogens is 2. The van der Waals surface area contributed by atoms with Gasteiger partial charge in [0.1, 0.15) is 11.4 Å². The molecule has 1 aromatic rings. The van der Waals surface area contributed by atoms with Crippen molar-refractivity contribution in [2.24, 2.45) is 0 Å². The lowest BCUT2D eigenvalue weighted by atomic mass is 9.97. The van der Waals surface area contributed by atoms with Gasteiger partial charge in [0.25, 0.3) is 5.91 Å². The number of nitrogens with zero attached hydrogens (tertiary/aromatic N) is 1. The van der Waals surface area contributed by atoms with Crippen LogP contribution in [-0.2, 0) is 9.59 Å². The summed E-state index contributed by atoms with van der Waals surface area (Å²) in [7, 11) is 0. The second-order valence-corrected chi connectivity index (χ2v) is 6.01. The summed E-state index contributed by atoms with van der Waals surface area (Å²) in [5, 5.41) is 2.26. The zero-order valence-electron chi connectivity index (χ0n) is 10.5. The Labute approximate surface area is 123 Å². The number of anilines is 2. The number of imide groups is 1. The largest absolute Gasteiger partial charge is 0.397 e. The highest BCUT2D eigenvalue weighted by atomic mass is 127. The van der Waals surface area contributed by atoms with Gasteiger partial charge >= 0.3 is 0 Å². The summed E-state index contributed by atoms with van der Waals surface area (Å²) in [5.74, 6) is -1.29. The summed E-state index contributed by atoms with van der Waals surface area (Å²) in [6, 6.07) is 2.74. The van der Waals surface area contributed by atoms with E-state index in [9.17, 15) is 14.0 Å². The predicted octanol–water partition coefficient (Wildman–Crippen LogP) is 1.25. The number of amides is 2. The van der Waals surface area contributed by atoms with Crippen LogP contribution >= 0.6 is 22.6 Å². The molecule has 0 aromatic heterocycles. The lowest BCUT2D eigenvalue weighted by Gasteiger charge is -2.42. The van der Waals surface area contributed by atoms with Crippen molar-refractivity contribution in [2.45, 2.75) is 19.4 Å². The van der Waals surface area contributed by atoms with Gasteiger partial charge in [-0.3, -0.25) is 14.9 Å². The molecule has 1 aliphatic heterocycles. The molecule has 0 radical (unpaired) electrons. The lowest BCUT2D eigenvalue weighted by molar-refractivity contribution is -0.135. The molecule has 1 saturated heterocycles. The number of carbonyl (C=O) groups excluding carboxylic acids is 2. The van der Waals surface area contributed by atoms with Gasteiger partial charge in [-0.15, -0.1) is 0 Å². The van der Waals surface area contributed by atoms with Gasteiger partial charge in [-0.05, 0) is 42.5 Å². The molecule has 5 nitrogen and oxygen atoms in total. The van der Waals surface area contributed by atoms with Crippen molar-refractivity contribution in [1.29, 1.82) is 0 Å². The molecule has 102 valence electrons. The van der Waals surface area contributed by atoms with Crippen LogP contribution in [0.1, 0.15) is 13.8 Å². The summed E-state index contributed by atoms with van der Waals surface area (Å²) in [6.45, 7) is 3.27. The van der Waals surface area contributed by atoms with E-state index in [1.165, 1.54) is 17.0 Å². The third kappa shape index (κ3) is 2.38. The lowest BCUT2D eigenvalue weighted by Crippen LogP contribution is -2.64. The third-order valence-corrected chi connectivity index (χ3v) is 3.97. The van der Waals surface area contributed by atoms with Crippen molar-refractivity contribution in [1.82, 2.24) is 5.32 Å². The number of nitrogens with one attached hydrogen (secondary N) is 1. The first-order chi connectivity index (χ1) is 8.73. The molecule has 2 amide bonds. The first-order valence-electron chi connectivity index (χ1n) is 5.60. The summed E-state index contributed by atoms with van der Waals surface area (Å²) < 4.78 is 14.1. The zero-order valence-corrected chi connectivity index (χ0v) is 12.6. The average molecular weight is 377 g/mol. The maximum Gasteiger partial charge on any atom is 0.251 e. The van der Waals surface area contributed by atoms with Gasteiger partial charge in [0, 0.05) is 6.07 Å². The number of rotatable bonds is 1. The Morgan fingerprint density at radius 1 is 1.42 bits per heavy atom. The van der Waals surface area contributed by atoms with Gasteiger partial charge in [-0.1, -0.05) is 0 Å². The number of carbonyl (C=O) groups is 2. The van der Waals surface area contributed by atoms with E-state index in [1.54, 1.807) is 13.8 Å². The second kappa shape index (κ2) is 4.62. The van der Waals surface area contributed by atoms with Gasteiger partial charge in [-0.25, -0.2) is 4.39 Å². The van der Waals surface area contributed by atoms with Crippen molar-refractivity contribution in [3.05, 3.63) is 21.5 Å². The van der Waals surface area contributed by atoms with Crippen LogP contribution in [0.3, 0.4) is 0 Å². The van der Waals surface area contributed by atoms with E-state index in [0.29, 0.717) is 14.9 Å². The smallest absolute Gasteiger partial charge is 0.251 e. The van der Waals surface area contributed by atoms with Gasteiger partial charge in [0.15, 0.2) is 0 Å². The Morgan fingerprint density at radius 3 is 2.68 bits per heavy atom. The van der Waals surface area contributed by atoms with Gasteiger partial charge in [-0.2, -0.15) is 0 Å². The second-order valence-electron chi connectivity index (χ2n) is 4.85. The van der Waals surface area contributed by atoms with E-state index in [-0.39, 0.29) is 6.54 Å². The molecule has 0 bridgehead atoms. The van der Waals surface area contributed by atoms with Crippen LogP contribution in [0.4, 0.5) is 15.8 Å². The first kappa shape index (κ1) is 14.0. The normalized spacial score (nSPS) is 18.4. The summed E-state index contributed by atoms with van der Waals surface area (Å²) in [6.07, 6.45) is 0. The molecule has 2 rings (SSSR count). The van der Waals surface area contributed by atoms with E-state index < -0.39 is 23.2 Å². The number of hydrogen-bond donors (Lipinski definition) is 2. The molecule has 1 heterocycles. The number of hydrogen-bond acceptors (Lipinski definition) is 4. The van der Waals surface area contributed by atoms with Gasteiger partial charge in [0.05, 0.1) is 21.5 Å². The minimum Gasteiger partial charge on any atom is -0.397 e. The van der Waals surface area contributed by atoms with Crippen LogP contribution in [0.2, 0.25) is 0 Å². The SMILES string of the molecule is CC1(C)C(=O)NC(=O)CN1c1cc(F)c(I)cc1N. The van der Waals surface area contributed by atoms with E-state index in [1.807, 2.05) is 22.6 Å². The fourth-order valence-electron chi connectivity index (χ4n) is 1.95. The highest BCUT2D eigenvalue weighted by molar-refractivity contribution is 14.1. The molecule has 0 saturated carbocycles. The molecule has 1 fully saturated rings. The first-order valence-corrected chi connectivity index (χ1v) is 6.68. The Morgan fingerprint density at radius 2 is 2.05 bits per heavy atom. The molecule has 0 spiro atoms. The third-order valence-electron chi connectivity index (χ3n) is 3.15. The predicted molar refractivity (Wildman–Crippen MR) is 78.1 cm³/mol. The van der Waals surface area contributed by atoms with Crippen LogP contribution in [-0.4, -0.2) is 23.9 Å². The minimum atomic E-state index is -0.971. The quantitative estimate of drug-likeness (QED) is 0.439. The Kier molecular flexibility index (Phi) is 3.41. The summed E-state index contributed by atoms with van der Waals surface area (Å²) in [5.41, 5.74) is 5.59. The van der Waals surface area contributed by atoms with Crippen LogP contribution in [0.5, 0.6) is 0 Å². The standard InChI is InChI=1S/C12H13FIN3O2/c1-12(2)11(19)16-10(18)5-17(12)9-3-6(13)7(14)4-8(9)15/h3-4H,5,15H2,1-2H3,(H,16,18,19). The highest BCUT2D eigenvalue weighted by Crippen LogP contribution is 2.33. The van der Waals surface area contributed by atoms with Gasteiger partial charge in [0.2, 0.25) is 5.91 Å². The Hall–Kier alpha value is -1.38. The molecule has 1 aromatic carbocycles. The molecular formula is C12H13FIN3O2. The van der Waals surface area contributed by atoms with Crippen molar-refractivity contribution in [3.8, 4) is 0 Å². The van der Waals surface area contributed by atoms with Gasteiger partial charge < -0.3 is 10.6 Å². The van der Waals surface area contributed by atoms with E-state index in [4.69, 9.17) is 5.73 Å². The fourth-order valence-corrected chi connectivity index (χ4v) is 2.45. The number of benzene rings is 1. The topological polar surface area (TPSA) is 75.4 Å². The molecule has 1 aliphatic rings. The molecule has 3 N–H and O–H groups in total. The van der Waals surface area contributed by atoms with Crippen LogP contribution < -0.4 is 16.0 Å². The van der Waals surface area contributed by atoms with Crippen molar-refractivity contribution in [3.63, 3.8) is 0 Å². The van der Waals surface area contributed by atoms with Crippen LogP contribution in [0.25, 0.3) is 0 Å².